The van der Waals surface area contributed by atoms with Crippen molar-refractivity contribution in [3.8, 4) is 0 Å². The number of fused-ring (bicyclic) bond motifs is 1. The van der Waals surface area contributed by atoms with Gasteiger partial charge in [0.05, 0.1) is 44.5 Å². The molecule has 0 bridgehead atoms. The summed E-state index contributed by atoms with van der Waals surface area (Å²) < 4.78 is 360. The second kappa shape index (κ2) is 21.3. The molecule has 79 heavy (non-hydrogen) atoms. The first-order valence-corrected chi connectivity index (χ1v) is 21.6. The topological polar surface area (TPSA) is 30.2 Å². The summed E-state index contributed by atoms with van der Waals surface area (Å²) in [6, 6.07) is 12.3. The van der Waals surface area contributed by atoms with E-state index in [-0.39, 0.29) is 0 Å². The van der Waals surface area contributed by atoms with Crippen LogP contribution in [0.2, 0.25) is 0 Å². The van der Waals surface area contributed by atoms with Gasteiger partial charge in [-0.2, -0.15) is 132 Å². The number of benzene rings is 6. The SMILES string of the molecule is FC(F)(F)c1cc([B-](c2cc(C(F)(F)F)cc(C(F)(F)F)c2)(c2cc(C(F)(F)F)cc(C(F)(F)F)c2)c2cc(C(F)(F)F)cc(C(F)(F)F)c2)cc(C(F)(F)F)c1.O=C(OCF)c1ccc2ccccc2[n+]1Cc1ccccc1. The standard InChI is InChI=1S/C32H12BF24.C18H15FNO2/c34-25(35,36)13-1-14(26(37,38)39)6-21(5-13)33(22-7-15(27(40,41)42)2-16(8-22)28(43,44)45,23-9-17(29(46,47)48)3-18(10-23)30(49,50)51)24-11-19(31(52,53)54)4-20(12-24)32(55,56)57;19-13-22-18(21)17-11-10-15-8-4-5-9-16(15)20(17)12-14-6-2-1-3-7-14/h1-12H;1-11H,12-13H2/q-1;+1. The van der Waals surface area contributed by atoms with Gasteiger partial charge in [-0.05, 0) is 36.4 Å². The van der Waals surface area contributed by atoms with Gasteiger partial charge >= 0.3 is 55.4 Å². The minimum Gasteiger partial charge on any atom is -0.426 e. The van der Waals surface area contributed by atoms with Crippen molar-refractivity contribution in [2.75, 3.05) is 6.86 Å². The summed E-state index contributed by atoms with van der Waals surface area (Å²) in [6.07, 6.45) is -54.8. The number of alkyl halides is 25. The van der Waals surface area contributed by atoms with E-state index in [2.05, 4.69) is 4.74 Å². The third kappa shape index (κ3) is 13.7. The van der Waals surface area contributed by atoms with Gasteiger partial charge in [0.15, 0.2) is 6.54 Å². The van der Waals surface area contributed by atoms with Gasteiger partial charge < -0.3 is 4.74 Å². The molecule has 0 aliphatic carbocycles. The monoisotopic (exact) mass is 1160 g/mol. The van der Waals surface area contributed by atoms with Crippen LogP contribution < -0.4 is 26.4 Å². The number of pyridine rings is 1. The van der Waals surface area contributed by atoms with Crippen molar-refractivity contribution >= 4 is 44.9 Å². The molecular weight excluding hydrogens is 1130 g/mol. The van der Waals surface area contributed by atoms with E-state index in [9.17, 15) is 115 Å². The van der Waals surface area contributed by atoms with Gasteiger partial charge in [-0.1, -0.05) is 91.0 Å². The number of ether oxygens (including phenoxy) is 1. The van der Waals surface area contributed by atoms with Crippen LogP contribution in [0.25, 0.3) is 10.9 Å². The Kier molecular flexibility index (Phi) is 16.4. The number of carbonyl (C=O) groups is 1. The number of esters is 1. The normalized spacial score (nSPS) is 13.3. The Hall–Kier alpha value is -7.49. The molecule has 0 amide bonds. The maximum atomic E-state index is 14.2. The summed E-state index contributed by atoms with van der Waals surface area (Å²) in [5.74, 6) is -0.663. The van der Waals surface area contributed by atoms with Crippen molar-refractivity contribution in [2.24, 2.45) is 0 Å². The summed E-state index contributed by atoms with van der Waals surface area (Å²) in [7, 11) is 0. The molecule has 0 aliphatic heterocycles. The van der Waals surface area contributed by atoms with Crippen molar-refractivity contribution in [1.29, 1.82) is 0 Å². The van der Waals surface area contributed by atoms with Crippen LogP contribution in [-0.4, -0.2) is 19.0 Å². The zero-order chi connectivity index (χ0) is 59.3. The van der Waals surface area contributed by atoms with Crippen molar-refractivity contribution in [2.45, 2.75) is 56.0 Å². The number of para-hydroxylation sites is 1. The summed E-state index contributed by atoms with van der Waals surface area (Å²) in [5.41, 5.74) is -27.9. The molecule has 0 radical (unpaired) electrons. The molecule has 7 aromatic rings. The van der Waals surface area contributed by atoms with Gasteiger partial charge in [0.25, 0.3) is 5.69 Å². The average Bonchev–Trinajstić information content (AvgIpc) is 3.54. The van der Waals surface area contributed by atoms with Gasteiger partial charge in [-0.3, -0.25) is 0 Å². The molecule has 3 nitrogen and oxygen atoms in total. The van der Waals surface area contributed by atoms with Crippen LogP contribution in [0.5, 0.6) is 0 Å². The summed E-state index contributed by atoms with van der Waals surface area (Å²) >= 11 is 0. The Balaban J connectivity index is 0.000000378. The Morgan fingerprint density at radius 1 is 0.367 bits per heavy atom. The predicted octanol–water partition coefficient (Wildman–Crippen LogP) is 14.5. The molecule has 7 rings (SSSR count). The predicted molar refractivity (Wildman–Crippen MR) is 231 cm³/mol. The summed E-state index contributed by atoms with van der Waals surface area (Å²) in [6.45, 7) is -0.615. The lowest BCUT2D eigenvalue weighted by atomic mass is 9.12. The molecule has 0 N–H and O–H groups in total. The molecule has 0 spiro atoms. The van der Waals surface area contributed by atoms with Crippen LogP contribution in [-0.2, 0) is 60.7 Å². The molecule has 29 heteroatoms. The Morgan fingerprint density at radius 3 is 0.924 bits per heavy atom. The summed E-state index contributed by atoms with van der Waals surface area (Å²) in [5, 5.41) is 1.01. The first-order valence-electron chi connectivity index (χ1n) is 21.6. The highest BCUT2D eigenvalue weighted by Gasteiger charge is 2.47. The van der Waals surface area contributed by atoms with Crippen LogP contribution in [0, 0.1) is 0 Å². The number of nitrogens with zero attached hydrogens (tertiary/aromatic N) is 1. The molecule has 6 aromatic carbocycles. The number of hydrogen-bond donors (Lipinski definition) is 0. The first kappa shape index (κ1) is 60.7. The van der Waals surface area contributed by atoms with Crippen molar-refractivity contribution in [3.05, 3.63) is 195 Å². The molecular formula is C50H27BF25NO2. The van der Waals surface area contributed by atoms with Gasteiger partial charge in [0.1, 0.15) is 6.15 Å². The van der Waals surface area contributed by atoms with Gasteiger partial charge in [0.2, 0.25) is 12.4 Å². The van der Waals surface area contributed by atoms with Gasteiger partial charge in [-0.15, -0.1) is 0 Å². The molecule has 0 fully saturated rings. The molecule has 0 atom stereocenters. The van der Waals surface area contributed by atoms with Crippen LogP contribution in [0.15, 0.2) is 140 Å². The fourth-order valence-electron chi connectivity index (χ4n) is 8.57. The molecule has 422 valence electrons. The Labute approximate surface area is 426 Å². The number of aromatic nitrogens is 1. The van der Waals surface area contributed by atoms with E-state index < -0.39 is 208 Å². The lowest BCUT2D eigenvalue weighted by Crippen LogP contribution is -2.75. The maximum absolute atomic E-state index is 14.2. The minimum absolute atomic E-state index is 0.334. The highest BCUT2D eigenvalue weighted by molar-refractivity contribution is 7.20. The van der Waals surface area contributed by atoms with E-state index in [4.69, 9.17) is 0 Å². The first-order chi connectivity index (χ1) is 36.1. The number of halogens is 25. The van der Waals surface area contributed by atoms with Crippen molar-refractivity contribution in [1.82, 2.24) is 0 Å². The van der Waals surface area contributed by atoms with E-state index in [1.165, 1.54) is 0 Å². The second-order valence-electron chi connectivity index (χ2n) is 17.1. The van der Waals surface area contributed by atoms with Crippen LogP contribution in [0.3, 0.4) is 0 Å². The quantitative estimate of drug-likeness (QED) is 0.0657. The Morgan fingerprint density at radius 2 is 0.646 bits per heavy atom. The maximum Gasteiger partial charge on any atom is 0.416 e. The molecule has 0 aliphatic rings. The van der Waals surface area contributed by atoms with Crippen molar-refractivity contribution < 1.29 is 124 Å². The molecule has 1 heterocycles. The molecule has 0 unspecified atom stereocenters. The zero-order valence-corrected chi connectivity index (χ0v) is 38.5. The van der Waals surface area contributed by atoms with Crippen molar-refractivity contribution in [3.63, 3.8) is 0 Å². The fourth-order valence-corrected chi connectivity index (χ4v) is 8.57. The highest BCUT2D eigenvalue weighted by Crippen LogP contribution is 2.41. The number of carbonyl (C=O) groups excluding carboxylic acids is 1. The van der Waals surface area contributed by atoms with Gasteiger partial charge in [0, 0.05) is 23.1 Å². The Bertz CT molecular complexity index is 2910. The van der Waals surface area contributed by atoms with Crippen LogP contribution >= 0.6 is 0 Å². The molecule has 1 aromatic heterocycles. The van der Waals surface area contributed by atoms with E-state index in [0.29, 0.717) is 12.2 Å². The second-order valence-corrected chi connectivity index (χ2v) is 17.1. The lowest BCUT2D eigenvalue weighted by Gasteiger charge is -2.46. The lowest BCUT2D eigenvalue weighted by molar-refractivity contribution is -0.665. The van der Waals surface area contributed by atoms with Crippen LogP contribution in [0.1, 0.15) is 60.6 Å². The largest absolute Gasteiger partial charge is 0.426 e. The smallest absolute Gasteiger partial charge is 0.416 e. The van der Waals surface area contributed by atoms with E-state index in [0.717, 1.165) is 16.5 Å². The third-order valence-electron chi connectivity index (χ3n) is 12.0. The molecule has 0 saturated heterocycles. The highest BCUT2D eigenvalue weighted by atomic mass is 19.4. The van der Waals surface area contributed by atoms with Gasteiger partial charge in [-0.25, -0.2) is 9.18 Å². The number of rotatable bonds is 8. The average molecular weight is 1160 g/mol. The van der Waals surface area contributed by atoms with E-state index in [1.807, 2.05) is 65.2 Å². The van der Waals surface area contributed by atoms with E-state index in [1.54, 1.807) is 6.07 Å². The fraction of sp³-hybridized carbons (Fsp3) is 0.200. The van der Waals surface area contributed by atoms with E-state index >= 15 is 0 Å². The number of hydrogen-bond acceptors (Lipinski definition) is 2. The van der Waals surface area contributed by atoms with Crippen LogP contribution in [0.4, 0.5) is 110 Å². The summed E-state index contributed by atoms with van der Waals surface area (Å²) in [4.78, 5) is 12.0. The molecule has 0 saturated carbocycles. The zero-order valence-electron chi connectivity index (χ0n) is 38.5. The third-order valence-corrected chi connectivity index (χ3v) is 12.0. The minimum atomic E-state index is -6.13.